The van der Waals surface area contributed by atoms with Crippen molar-refractivity contribution in [3.8, 4) is 11.4 Å². The number of nitrogens with zero attached hydrogens (tertiary/aromatic N) is 3. The number of methoxy groups -OCH3 is 1. The summed E-state index contributed by atoms with van der Waals surface area (Å²) in [5.74, 6) is 0.596. The highest BCUT2D eigenvalue weighted by Crippen LogP contribution is 2.22. The summed E-state index contributed by atoms with van der Waals surface area (Å²) in [6.07, 6.45) is 0.913. The minimum atomic E-state index is -0.141. The van der Waals surface area contributed by atoms with Crippen molar-refractivity contribution in [3.63, 3.8) is 0 Å². The normalized spacial score (nSPS) is 13.2. The third kappa shape index (κ3) is 3.77. The molecule has 0 aliphatic carbocycles. The molecule has 0 saturated heterocycles. The van der Waals surface area contributed by atoms with Gasteiger partial charge in [0.05, 0.1) is 5.60 Å². The zero-order chi connectivity index (χ0) is 14.6. The Labute approximate surface area is 118 Å². The van der Waals surface area contributed by atoms with Crippen LogP contribution in [0.15, 0.2) is 24.3 Å². The molecule has 0 aliphatic rings. The summed E-state index contributed by atoms with van der Waals surface area (Å²) < 4.78 is 5.46. The first-order valence-corrected chi connectivity index (χ1v) is 6.66. The Bertz CT molecular complexity index is 538. The Kier molecular flexibility index (Phi) is 4.34. The number of hydrogen-bond acceptors (Lipinski definition) is 5. The van der Waals surface area contributed by atoms with E-state index < -0.39 is 0 Å². The molecule has 2 aromatic rings. The van der Waals surface area contributed by atoms with Crippen LogP contribution < -0.4 is 5.32 Å². The molecule has 0 spiro atoms. The van der Waals surface area contributed by atoms with Gasteiger partial charge in [0.2, 0.25) is 5.82 Å². The second-order valence-corrected chi connectivity index (χ2v) is 5.53. The van der Waals surface area contributed by atoms with Crippen molar-refractivity contribution >= 4 is 5.69 Å². The van der Waals surface area contributed by atoms with Crippen LogP contribution in [0.5, 0.6) is 0 Å². The lowest BCUT2D eigenvalue weighted by Gasteiger charge is -2.27. The van der Waals surface area contributed by atoms with Crippen LogP contribution in [0.1, 0.15) is 27.2 Å². The third-order valence-electron chi connectivity index (χ3n) is 3.23. The smallest absolute Gasteiger partial charge is 0.204 e. The van der Waals surface area contributed by atoms with Crippen LogP contribution >= 0.6 is 0 Å². The predicted octanol–water partition coefficient (Wildman–Crippen LogP) is 2.48. The highest BCUT2D eigenvalue weighted by Gasteiger charge is 2.20. The molecule has 0 fully saturated rings. The largest absolute Gasteiger partial charge is 0.382 e. The van der Waals surface area contributed by atoms with E-state index >= 15 is 0 Å². The number of benzene rings is 1. The number of anilines is 1. The lowest BCUT2D eigenvalue weighted by atomic mass is 9.99. The lowest BCUT2D eigenvalue weighted by Crippen LogP contribution is -2.31. The Morgan fingerprint density at radius 3 is 2.85 bits per heavy atom. The van der Waals surface area contributed by atoms with E-state index in [1.54, 1.807) is 7.11 Å². The summed E-state index contributed by atoms with van der Waals surface area (Å²) in [4.78, 5) is 0. The van der Waals surface area contributed by atoms with Gasteiger partial charge in [0.15, 0.2) is 0 Å². The number of ether oxygens (including phenoxy) is 1. The van der Waals surface area contributed by atoms with Gasteiger partial charge in [0, 0.05) is 24.4 Å². The predicted molar refractivity (Wildman–Crippen MR) is 78.4 cm³/mol. The van der Waals surface area contributed by atoms with Crippen molar-refractivity contribution in [1.82, 2.24) is 20.6 Å². The Morgan fingerprint density at radius 1 is 1.40 bits per heavy atom. The summed E-state index contributed by atoms with van der Waals surface area (Å²) in [5.41, 5.74) is 1.83. The quantitative estimate of drug-likeness (QED) is 0.847. The number of nitrogens with one attached hydrogen (secondary N) is 2. The van der Waals surface area contributed by atoms with Gasteiger partial charge >= 0.3 is 0 Å². The zero-order valence-corrected chi connectivity index (χ0v) is 12.3. The van der Waals surface area contributed by atoms with Crippen molar-refractivity contribution in [2.75, 3.05) is 12.4 Å². The highest BCUT2D eigenvalue weighted by molar-refractivity contribution is 5.61. The first kappa shape index (κ1) is 14.5. The molecular formula is C14H21N5O. The first-order valence-electron chi connectivity index (χ1n) is 6.66. The van der Waals surface area contributed by atoms with Crippen LogP contribution in [0, 0.1) is 0 Å². The van der Waals surface area contributed by atoms with E-state index in [1.807, 2.05) is 24.3 Å². The van der Waals surface area contributed by atoms with E-state index in [0.717, 1.165) is 17.7 Å². The van der Waals surface area contributed by atoms with Crippen LogP contribution in [-0.4, -0.2) is 39.4 Å². The molecule has 2 rings (SSSR count). The molecule has 0 amide bonds. The topological polar surface area (TPSA) is 75.7 Å². The van der Waals surface area contributed by atoms with Crippen LogP contribution in [0.2, 0.25) is 0 Å². The monoisotopic (exact) mass is 275 g/mol. The van der Waals surface area contributed by atoms with Gasteiger partial charge in [-0.25, -0.2) is 0 Å². The average Bonchev–Trinajstić information content (AvgIpc) is 2.92. The van der Waals surface area contributed by atoms with Gasteiger partial charge in [-0.05, 0) is 44.5 Å². The maximum absolute atomic E-state index is 5.46. The number of tetrazole rings is 1. The van der Waals surface area contributed by atoms with E-state index in [9.17, 15) is 0 Å². The van der Waals surface area contributed by atoms with Gasteiger partial charge in [-0.1, -0.05) is 12.1 Å². The molecular weight excluding hydrogens is 254 g/mol. The number of H-pyrrole nitrogens is 1. The average molecular weight is 275 g/mol. The van der Waals surface area contributed by atoms with Crippen molar-refractivity contribution in [2.45, 2.75) is 38.8 Å². The Hall–Kier alpha value is -1.95. The van der Waals surface area contributed by atoms with Crippen LogP contribution in [0.3, 0.4) is 0 Å². The van der Waals surface area contributed by atoms with E-state index in [4.69, 9.17) is 4.74 Å². The maximum atomic E-state index is 5.46. The highest BCUT2D eigenvalue weighted by atomic mass is 16.5. The molecule has 0 radical (unpaired) electrons. The Balaban J connectivity index is 2.05. The van der Waals surface area contributed by atoms with Gasteiger partial charge in [-0.2, -0.15) is 5.21 Å². The molecule has 1 aromatic carbocycles. The Morgan fingerprint density at radius 2 is 2.20 bits per heavy atom. The lowest BCUT2D eigenvalue weighted by molar-refractivity contribution is 0.0128. The van der Waals surface area contributed by atoms with Gasteiger partial charge in [0.25, 0.3) is 0 Å². The van der Waals surface area contributed by atoms with Crippen molar-refractivity contribution in [2.24, 2.45) is 0 Å². The summed E-state index contributed by atoms with van der Waals surface area (Å²) in [6.45, 7) is 6.31. The molecule has 1 atom stereocenters. The zero-order valence-electron chi connectivity index (χ0n) is 12.3. The molecule has 1 unspecified atom stereocenters. The van der Waals surface area contributed by atoms with Gasteiger partial charge in [0.1, 0.15) is 0 Å². The fourth-order valence-electron chi connectivity index (χ4n) is 2.19. The maximum Gasteiger partial charge on any atom is 0.204 e. The summed E-state index contributed by atoms with van der Waals surface area (Å²) in [5, 5.41) is 17.5. The SMILES string of the molecule is COC(C)(C)CC(C)Nc1cccc(-c2nn[nH]n2)c1. The van der Waals surface area contributed by atoms with Crippen LogP contribution in [0.25, 0.3) is 11.4 Å². The van der Waals surface area contributed by atoms with Gasteiger partial charge in [-0.15, -0.1) is 10.2 Å². The fraction of sp³-hybridized carbons (Fsp3) is 0.500. The number of hydrogen-bond donors (Lipinski definition) is 2. The summed E-state index contributed by atoms with van der Waals surface area (Å²) >= 11 is 0. The molecule has 0 bridgehead atoms. The number of aromatic nitrogens is 4. The van der Waals surface area contributed by atoms with Gasteiger partial charge < -0.3 is 10.1 Å². The summed E-state index contributed by atoms with van der Waals surface area (Å²) in [7, 11) is 1.74. The summed E-state index contributed by atoms with van der Waals surface area (Å²) in [6, 6.07) is 8.27. The molecule has 6 nitrogen and oxygen atoms in total. The molecule has 6 heteroatoms. The van der Waals surface area contributed by atoms with Crippen molar-refractivity contribution < 1.29 is 4.74 Å². The van der Waals surface area contributed by atoms with E-state index in [0.29, 0.717) is 11.9 Å². The molecule has 2 N–H and O–H groups in total. The minimum Gasteiger partial charge on any atom is -0.382 e. The van der Waals surface area contributed by atoms with Crippen molar-refractivity contribution in [3.05, 3.63) is 24.3 Å². The first-order chi connectivity index (χ1) is 9.50. The van der Waals surface area contributed by atoms with E-state index in [2.05, 4.69) is 46.7 Å². The molecule has 1 aromatic heterocycles. The molecule has 108 valence electrons. The molecule has 20 heavy (non-hydrogen) atoms. The van der Waals surface area contributed by atoms with E-state index in [1.165, 1.54) is 0 Å². The minimum absolute atomic E-state index is 0.141. The molecule has 0 aliphatic heterocycles. The fourth-order valence-corrected chi connectivity index (χ4v) is 2.19. The van der Waals surface area contributed by atoms with Crippen LogP contribution in [-0.2, 0) is 4.74 Å². The van der Waals surface area contributed by atoms with E-state index in [-0.39, 0.29) is 5.60 Å². The number of aromatic amines is 1. The van der Waals surface area contributed by atoms with Crippen molar-refractivity contribution in [1.29, 1.82) is 0 Å². The third-order valence-corrected chi connectivity index (χ3v) is 3.23. The number of rotatable bonds is 6. The van der Waals surface area contributed by atoms with Gasteiger partial charge in [-0.3, -0.25) is 0 Å². The molecule has 1 heterocycles. The standard InChI is InChI=1S/C14H21N5O/c1-10(9-14(2,3)20-4)15-12-7-5-6-11(8-12)13-16-18-19-17-13/h5-8,10,15H,9H2,1-4H3,(H,16,17,18,19). The molecule has 0 saturated carbocycles. The van der Waals surface area contributed by atoms with Crippen LogP contribution in [0.4, 0.5) is 5.69 Å². The second-order valence-electron chi connectivity index (χ2n) is 5.53. The second kappa shape index (κ2) is 6.00.